The summed E-state index contributed by atoms with van der Waals surface area (Å²) < 4.78 is 0. The Balaban J connectivity index is 1.86. The summed E-state index contributed by atoms with van der Waals surface area (Å²) in [5.74, 6) is 3.56. The van der Waals surface area contributed by atoms with Crippen molar-refractivity contribution in [2.45, 2.75) is 11.7 Å². The van der Waals surface area contributed by atoms with Gasteiger partial charge in [-0.15, -0.1) is 0 Å². The Kier molecular flexibility index (Phi) is 4.40. The predicted octanol–water partition coefficient (Wildman–Crippen LogP) is 0.184. The maximum absolute atomic E-state index is 11.7. The fraction of sp³-hybridized carbons (Fsp3) is 0.800. The average Bonchev–Trinajstić information content (AvgIpc) is 2.46. The van der Waals surface area contributed by atoms with Crippen LogP contribution in [0.15, 0.2) is 0 Å². The van der Waals surface area contributed by atoms with Crippen molar-refractivity contribution < 1.29 is 9.59 Å². The first-order chi connectivity index (χ1) is 7.75. The van der Waals surface area contributed by atoms with Gasteiger partial charge in [-0.2, -0.15) is 23.5 Å². The van der Waals surface area contributed by atoms with E-state index in [1.807, 2.05) is 28.4 Å². The summed E-state index contributed by atoms with van der Waals surface area (Å²) in [6.07, 6.45) is 0.441. The van der Waals surface area contributed by atoms with E-state index in [1.54, 1.807) is 0 Å². The van der Waals surface area contributed by atoms with Crippen LogP contribution in [0.2, 0.25) is 0 Å². The maximum Gasteiger partial charge on any atom is 0.242 e. The Morgan fingerprint density at radius 2 is 2.25 bits per heavy atom. The average molecular weight is 260 g/mol. The third-order valence-electron chi connectivity index (χ3n) is 2.71. The highest BCUT2D eigenvalue weighted by Gasteiger charge is 2.24. The molecule has 0 radical (unpaired) electrons. The third-order valence-corrected chi connectivity index (χ3v) is 5.53. The Hall–Kier alpha value is -0.360. The van der Waals surface area contributed by atoms with Gasteiger partial charge in [-0.1, -0.05) is 0 Å². The second-order valence-corrected chi connectivity index (χ2v) is 6.49. The lowest BCUT2D eigenvalue weighted by molar-refractivity contribution is -0.130. The summed E-state index contributed by atoms with van der Waals surface area (Å²) in [6.45, 7) is 1.54. The molecule has 4 nitrogen and oxygen atoms in total. The monoisotopic (exact) mass is 260 g/mol. The fourth-order valence-corrected chi connectivity index (χ4v) is 4.50. The van der Waals surface area contributed by atoms with Gasteiger partial charge in [-0.05, 0) is 0 Å². The van der Waals surface area contributed by atoms with Crippen LogP contribution >= 0.6 is 23.5 Å². The first kappa shape index (κ1) is 12.1. The normalized spacial score (nSPS) is 27.5. The molecule has 0 aromatic heterocycles. The molecule has 1 unspecified atom stereocenters. The van der Waals surface area contributed by atoms with Crippen molar-refractivity contribution in [3.05, 3.63) is 0 Å². The number of nitrogens with zero attached hydrogens (tertiary/aromatic N) is 1. The molecule has 0 aromatic rings. The second kappa shape index (κ2) is 5.82. The van der Waals surface area contributed by atoms with Crippen LogP contribution in [0, 0.1) is 0 Å². The van der Waals surface area contributed by atoms with Gasteiger partial charge in [-0.25, -0.2) is 0 Å². The molecule has 0 bridgehead atoms. The molecule has 2 aliphatic heterocycles. The molecule has 16 heavy (non-hydrogen) atoms. The molecule has 2 amide bonds. The predicted molar refractivity (Wildman–Crippen MR) is 67.8 cm³/mol. The van der Waals surface area contributed by atoms with Crippen LogP contribution < -0.4 is 5.32 Å². The minimum absolute atomic E-state index is 0.0125. The second-order valence-electron chi connectivity index (χ2n) is 3.93. The molecular weight excluding hydrogens is 244 g/mol. The highest BCUT2D eigenvalue weighted by molar-refractivity contribution is 8.06. The van der Waals surface area contributed by atoms with E-state index in [1.165, 1.54) is 11.5 Å². The standard InChI is InChI=1S/C10H16N2O2S2/c13-9-1-2-12(10(14)5-11-9)6-8-7-15-3-4-16-8/h8H,1-7H2,(H,11,13). The van der Waals surface area contributed by atoms with Crippen LogP contribution in [0.5, 0.6) is 0 Å². The Bertz CT molecular complexity index is 280. The van der Waals surface area contributed by atoms with Crippen molar-refractivity contribution in [3.8, 4) is 0 Å². The maximum atomic E-state index is 11.7. The first-order valence-electron chi connectivity index (χ1n) is 5.49. The number of carbonyl (C=O) groups is 2. The molecule has 90 valence electrons. The molecule has 0 aliphatic carbocycles. The van der Waals surface area contributed by atoms with Crippen molar-refractivity contribution in [3.63, 3.8) is 0 Å². The van der Waals surface area contributed by atoms with Crippen molar-refractivity contribution >= 4 is 35.3 Å². The van der Waals surface area contributed by atoms with E-state index in [9.17, 15) is 9.59 Å². The molecule has 2 fully saturated rings. The molecule has 0 saturated carbocycles. The zero-order valence-electron chi connectivity index (χ0n) is 9.11. The van der Waals surface area contributed by atoms with E-state index in [4.69, 9.17) is 0 Å². The number of amides is 2. The van der Waals surface area contributed by atoms with Gasteiger partial charge in [0.05, 0.1) is 6.54 Å². The lowest BCUT2D eigenvalue weighted by Crippen LogP contribution is -2.40. The largest absolute Gasteiger partial charge is 0.347 e. The van der Waals surface area contributed by atoms with E-state index in [2.05, 4.69) is 5.32 Å². The number of nitrogens with one attached hydrogen (secondary N) is 1. The van der Waals surface area contributed by atoms with E-state index in [-0.39, 0.29) is 18.4 Å². The molecule has 0 spiro atoms. The third kappa shape index (κ3) is 3.31. The van der Waals surface area contributed by atoms with Gasteiger partial charge >= 0.3 is 0 Å². The van der Waals surface area contributed by atoms with Gasteiger partial charge in [0.1, 0.15) is 0 Å². The topological polar surface area (TPSA) is 49.4 Å². The molecule has 1 atom stereocenters. The summed E-state index contributed by atoms with van der Waals surface area (Å²) >= 11 is 3.90. The number of thioether (sulfide) groups is 2. The van der Waals surface area contributed by atoms with Crippen molar-refractivity contribution in [2.24, 2.45) is 0 Å². The number of hydrogen-bond donors (Lipinski definition) is 1. The Labute approximate surface area is 104 Å². The minimum atomic E-state index is -0.0125. The van der Waals surface area contributed by atoms with Crippen LogP contribution in [0.1, 0.15) is 6.42 Å². The highest BCUT2D eigenvalue weighted by Crippen LogP contribution is 2.24. The number of hydrogen-bond acceptors (Lipinski definition) is 4. The summed E-state index contributed by atoms with van der Waals surface area (Å²) in [4.78, 5) is 24.7. The number of carbonyl (C=O) groups excluding carboxylic acids is 2. The van der Waals surface area contributed by atoms with Crippen LogP contribution in [0.4, 0.5) is 0 Å². The molecule has 0 aromatic carbocycles. The summed E-state index contributed by atoms with van der Waals surface area (Å²) in [5, 5.41) is 3.16. The van der Waals surface area contributed by atoms with E-state index < -0.39 is 0 Å². The van der Waals surface area contributed by atoms with Gasteiger partial charge in [0.2, 0.25) is 11.8 Å². The quantitative estimate of drug-likeness (QED) is 0.770. The number of rotatable bonds is 2. The first-order valence-corrected chi connectivity index (χ1v) is 7.70. The van der Waals surface area contributed by atoms with Gasteiger partial charge in [0.25, 0.3) is 0 Å². The van der Waals surface area contributed by atoms with Crippen LogP contribution in [0.3, 0.4) is 0 Å². The van der Waals surface area contributed by atoms with Crippen LogP contribution in [-0.4, -0.2) is 58.9 Å². The molecule has 1 N–H and O–H groups in total. The van der Waals surface area contributed by atoms with Gasteiger partial charge in [0, 0.05) is 42.0 Å². The lowest BCUT2D eigenvalue weighted by Gasteiger charge is -2.27. The molecule has 2 heterocycles. The fourth-order valence-electron chi connectivity index (χ4n) is 1.82. The van der Waals surface area contributed by atoms with Crippen molar-refractivity contribution in [1.29, 1.82) is 0 Å². The summed E-state index contributed by atoms with van der Waals surface area (Å²) in [5.41, 5.74) is 0. The molecule has 2 saturated heterocycles. The van der Waals surface area contributed by atoms with Crippen molar-refractivity contribution in [2.75, 3.05) is 36.9 Å². The van der Waals surface area contributed by atoms with E-state index >= 15 is 0 Å². The van der Waals surface area contributed by atoms with Gasteiger partial charge < -0.3 is 10.2 Å². The van der Waals surface area contributed by atoms with E-state index in [0.29, 0.717) is 18.2 Å². The molecule has 2 aliphatic rings. The lowest BCUT2D eigenvalue weighted by atomic mass is 10.3. The van der Waals surface area contributed by atoms with Gasteiger partial charge in [0.15, 0.2) is 0 Å². The zero-order valence-corrected chi connectivity index (χ0v) is 10.7. The molecular formula is C10H16N2O2S2. The molecule has 6 heteroatoms. The minimum Gasteiger partial charge on any atom is -0.347 e. The summed E-state index contributed by atoms with van der Waals surface area (Å²) in [6, 6.07) is 0. The smallest absolute Gasteiger partial charge is 0.242 e. The van der Waals surface area contributed by atoms with Crippen LogP contribution in [0.25, 0.3) is 0 Å². The highest BCUT2D eigenvalue weighted by atomic mass is 32.2. The van der Waals surface area contributed by atoms with Gasteiger partial charge in [-0.3, -0.25) is 9.59 Å². The molecule has 2 rings (SSSR count). The Morgan fingerprint density at radius 3 is 3.00 bits per heavy atom. The summed E-state index contributed by atoms with van der Waals surface area (Å²) in [7, 11) is 0. The Morgan fingerprint density at radius 1 is 1.38 bits per heavy atom. The van der Waals surface area contributed by atoms with Crippen molar-refractivity contribution in [1.82, 2.24) is 10.2 Å². The van der Waals surface area contributed by atoms with E-state index in [0.717, 1.165) is 12.3 Å². The zero-order chi connectivity index (χ0) is 11.4. The van der Waals surface area contributed by atoms with Crippen LogP contribution in [-0.2, 0) is 9.59 Å². The SMILES string of the molecule is O=C1CCN(CC2CSCCS2)C(=O)CN1.